The van der Waals surface area contributed by atoms with E-state index >= 15 is 0 Å². The fraction of sp³-hybridized carbons (Fsp3) is 0.556. The van der Waals surface area contributed by atoms with E-state index in [9.17, 15) is 10.1 Å². The Hall–Kier alpha value is -0.980. The van der Waals surface area contributed by atoms with Gasteiger partial charge in [-0.3, -0.25) is 10.1 Å². The van der Waals surface area contributed by atoms with Gasteiger partial charge in [-0.15, -0.1) is 0 Å². The molecule has 0 atom stereocenters. The number of nitro groups is 1. The second-order valence-electron chi connectivity index (χ2n) is 3.43. The Balaban J connectivity index is 2.46. The van der Waals surface area contributed by atoms with Crippen molar-refractivity contribution < 1.29 is 4.92 Å². The Bertz CT molecular complexity index is 327. The molecule has 0 fully saturated rings. The molecular formula is C9H15N3O2S. The summed E-state index contributed by atoms with van der Waals surface area (Å²) in [4.78, 5) is 12.2. The van der Waals surface area contributed by atoms with Crippen LogP contribution in [0.25, 0.3) is 0 Å². The van der Waals surface area contributed by atoms with Crippen molar-refractivity contribution in [1.29, 1.82) is 0 Å². The zero-order chi connectivity index (χ0) is 11.3. The monoisotopic (exact) mass is 229 g/mol. The van der Waals surface area contributed by atoms with Crippen LogP contribution >= 0.6 is 11.3 Å². The third-order valence-electron chi connectivity index (χ3n) is 2.02. The van der Waals surface area contributed by atoms with Gasteiger partial charge in [0.05, 0.1) is 4.92 Å². The fourth-order valence-electron chi connectivity index (χ4n) is 1.29. The summed E-state index contributed by atoms with van der Waals surface area (Å²) in [6.45, 7) is 2.33. The average molecular weight is 229 g/mol. The van der Waals surface area contributed by atoms with Crippen LogP contribution in [0.15, 0.2) is 11.4 Å². The van der Waals surface area contributed by atoms with Crippen molar-refractivity contribution in [3.63, 3.8) is 0 Å². The van der Waals surface area contributed by atoms with Gasteiger partial charge in [0, 0.05) is 18.0 Å². The molecule has 1 rings (SSSR count). The maximum atomic E-state index is 10.5. The van der Waals surface area contributed by atoms with E-state index in [0.29, 0.717) is 6.54 Å². The van der Waals surface area contributed by atoms with Gasteiger partial charge in [-0.05, 0) is 32.1 Å². The van der Waals surface area contributed by atoms with E-state index in [1.807, 2.05) is 12.4 Å². The Labute approximate surface area is 92.6 Å². The predicted octanol–water partition coefficient (Wildman–Crippen LogP) is 1.44. The molecule has 84 valence electrons. The van der Waals surface area contributed by atoms with E-state index in [1.165, 1.54) is 11.3 Å². The van der Waals surface area contributed by atoms with E-state index in [4.69, 9.17) is 5.73 Å². The lowest BCUT2D eigenvalue weighted by atomic mass is 10.3. The van der Waals surface area contributed by atoms with Crippen LogP contribution < -0.4 is 5.73 Å². The largest absolute Gasteiger partial charge is 0.330 e. The number of hydrogen-bond donors (Lipinski definition) is 1. The Kier molecular flexibility index (Phi) is 4.67. The molecule has 1 aromatic heterocycles. The molecule has 1 heterocycles. The van der Waals surface area contributed by atoms with Crippen LogP contribution in [0.5, 0.6) is 0 Å². The number of thiophene rings is 1. The fourth-order valence-corrected chi connectivity index (χ4v) is 2.01. The first-order valence-corrected chi connectivity index (χ1v) is 5.62. The van der Waals surface area contributed by atoms with Crippen LogP contribution in [0.2, 0.25) is 0 Å². The molecule has 6 heteroatoms. The van der Waals surface area contributed by atoms with Crippen molar-refractivity contribution in [2.24, 2.45) is 5.73 Å². The molecule has 0 aromatic carbocycles. The molecule has 0 saturated heterocycles. The Morgan fingerprint density at radius 1 is 1.67 bits per heavy atom. The van der Waals surface area contributed by atoms with Gasteiger partial charge in [-0.2, -0.15) is 0 Å². The van der Waals surface area contributed by atoms with E-state index in [-0.39, 0.29) is 9.92 Å². The topological polar surface area (TPSA) is 72.4 Å². The highest BCUT2D eigenvalue weighted by Crippen LogP contribution is 2.23. The predicted molar refractivity (Wildman–Crippen MR) is 61.0 cm³/mol. The first-order chi connectivity index (χ1) is 7.13. The summed E-state index contributed by atoms with van der Waals surface area (Å²) in [6.07, 6.45) is 0.947. The van der Waals surface area contributed by atoms with Crippen LogP contribution in [-0.4, -0.2) is 30.0 Å². The molecule has 0 unspecified atom stereocenters. The van der Waals surface area contributed by atoms with E-state index in [1.54, 1.807) is 6.07 Å². The van der Waals surface area contributed by atoms with Gasteiger partial charge >= 0.3 is 5.00 Å². The average Bonchev–Trinajstić information content (AvgIpc) is 2.63. The Morgan fingerprint density at radius 3 is 2.93 bits per heavy atom. The molecule has 15 heavy (non-hydrogen) atoms. The summed E-state index contributed by atoms with van der Waals surface area (Å²) in [7, 11) is 1.99. The highest BCUT2D eigenvalue weighted by molar-refractivity contribution is 7.13. The molecule has 0 amide bonds. The third kappa shape index (κ3) is 3.94. The standard InChI is InChI=1S/C9H15N3O2S/c1-11(4-2-3-10)6-8-5-9(12(13)14)15-7-8/h5,7H,2-4,6,10H2,1H3. The van der Waals surface area contributed by atoms with Crippen molar-refractivity contribution in [2.75, 3.05) is 20.1 Å². The first-order valence-electron chi connectivity index (χ1n) is 4.74. The van der Waals surface area contributed by atoms with Crippen LogP contribution in [0.1, 0.15) is 12.0 Å². The lowest BCUT2D eigenvalue weighted by molar-refractivity contribution is -0.380. The molecular weight excluding hydrogens is 214 g/mol. The summed E-state index contributed by atoms with van der Waals surface area (Å²) in [5.74, 6) is 0. The summed E-state index contributed by atoms with van der Waals surface area (Å²) in [5.41, 5.74) is 6.39. The second-order valence-corrected chi connectivity index (χ2v) is 4.32. The highest BCUT2D eigenvalue weighted by Gasteiger charge is 2.10. The van der Waals surface area contributed by atoms with Crippen LogP contribution in [0, 0.1) is 10.1 Å². The van der Waals surface area contributed by atoms with Gasteiger partial charge in [0.15, 0.2) is 0 Å². The number of nitrogens with two attached hydrogens (primary N) is 1. The molecule has 0 aliphatic rings. The summed E-state index contributed by atoms with van der Waals surface area (Å²) >= 11 is 1.17. The first kappa shape index (κ1) is 12.1. The van der Waals surface area contributed by atoms with Crippen molar-refractivity contribution in [3.8, 4) is 0 Å². The number of rotatable bonds is 6. The van der Waals surface area contributed by atoms with Gasteiger partial charge in [0.1, 0.15) is 0 Å². The molecule has 0 saturated carbocycles. The van der Waals surface area contributed by atoms with Crippen molar-refractivity contribution in [3.05, 3.63) is 27.1 Å². The zero-order valence-electron chi connectivity index (χ0n) is 8.68. The van der Waals surface area contributed by atoms with Crippen LogP contribution in [0.3, 0.4) is 0 Å². The van der Waals surface area contributed by atoms with E-state index < -0.39 is 0 Å². The minimum Gasteiger partial charge on any atom is -0.330 e. The van der Waals surface area contributed by atoms with Crippen molar-refractivity contribution >= 4 is 16.3 Å². The summed E-state index contributed by atoms with van der Waals surface area (Å²) in [5, 5.41) is 12.5. The summed E-state index contributed by atoms with van der Waals surface area (Å²) < 4.78 is 0. The molecule has 0 aliphatic heterocycles. The highest BCUT2D eigenvalue weighted by atomic mass is 32.1. The minimum absolute atomic E-state index is 0.206. The maximum Gasteiger partial charge on any atom is 0.324 e. The Morgan fingerprint density at radius 2 is 2.40 bits per heavy atom. The summed E-state index contributed by atoms with van der Waals surface area (Å²) in [6, 6.07) is 1.63. The molecule has 2 N–H and O–H groups in total. The maximum absolute atomic E-state index is 10.5. The SMILES string of the molecule is CN(CCCN)Cc1csc([N+](=O)[O-])c1. The zero-order valence-corrected chi connectivity index (χ0v) is 9.50. The van der Waals surface area contributed by atoms with Gasteiger partial charge in [0.2, 0.25) is 0 Å². The van der Waals surface area contributed by atoms with Crippen LogP contribution in [0.4, 0.5) is 5.00 Å². The lowest BCUT2D eigenvalue weighted by Gasteiger charge is -2.14. The van der Waals surface area contributed by atoms with E-state index in [0.717, 1.165) is 25.1 Å². The minimum atomic E-state index is -0.353. The van der Waals surface area contributed by atoms with Gasteiger partial charge in [-0.1, -0.05) is 11.3 Å². The van der Waals surface area contributed by atoms with Gasteiger partial charge in [0.25, 0.3) is 0 Å². The molecule has 1 aromatic rings. The molecule has 0 bridgehead atoms. The quantitative estimate of drug-likeness (QED) is 0.591. The van der Waals surface area contributed by atoms with Crippen molar-refractivity contribution in [1.82, 2.24) is 4.90 Å². The van der Waals surface area contributed by atoms with Crippen molar-refractivity contribution in [2.45, 2.75) is 13.0 Å². The normalized spacial score (nSPS) is 10.9. The smallest absolute Gasteiger partial charge is 0.324 e. The molecule has 0 radical (unpaired) electrons. The van der Waals surface area contributed by atoms with Gasteiger partial charge < -0.3 is 10.6 Å². The molecule has 0 spiro atoms. The van der Waals surface area contributed by atoms with Gasteiger partial charge in [-0.25, -0.2) is 0 Å². The van der Waals surface area contributed by atoms with E-state index in [2.05, 4.69) is 4.90 Å². The lowest BCUT2D eigenvalue weighted by Crippen LogP contribution is -2.20. The number of nitrogens with zero attached hydrogens (tertiary/aromatic N) is 2. The molecule has 0 aliphatic carbocycles. The third-order valence-corrected chi connectivity index (χ3v) is 2.95. The second kappa shape index (κ2) is 5.79. The number of hydrogen-bond acceptors (Lipinski definition) is 5. The van der Waals surface area contributed by atoms with Crippen LogP contribution in [-0.2, 0) is 6.54 Å². The molecule has 5 nitrogen and oxygen atoms in total.